The highest BCUT2D eigenvalue weighted by Crippen LogP contribution is 2.27. The van der Waals surface area contributed by atoms with Crippen LogP contribution in [0.5, 0.6) is 5.75 Å². The van der Waals surface area contributed by atoms with Gasteiger partial charge in [-0.2, -0.15) is 5.48 Å². The number of halogens is 2. The molecule has 0 fully saturated rings. The maximum atomic E-state index is 12.0. The maximum Gasteiger partial charge on any atom is 0.354 e. The van der Waals surface area contributed by atoms with Gasteiger partial charge in [0.1, 0.15) is 0 Å². The van der Waals surface area contributed by atoms with Crippen molar-refractivity contribution in [1.82, 2.24) is 5.48 Å². The van der Waals surface area contributed by atoms with E-state index in [2.05, 4.69) is 5.48 Å². The maximum absolute atomic E-state index is 12.0. The molecule has 4 nitrogen and oxygen atoms in total. The summed E-state index contributed by atoms with van der Waals surface area (Å²) < 4.78 is 0. The molecule has 6 heteroatoms. The second-order valence-electron chi connectivity index (χ2n) is 4.48. The molecule has 0 saturated heterocycles. The number of urea groups is 1. The summed E-state index contributed by atoms with van der Waals surface area (Å²) in [5.41, 5.74) is 4.15. The zero-order chi connectivity index (χ0) is 15.4. The third-order valence-corrected chi connectivity index (χ3v) is 3.38. The molecule has 21 heavy (non-hydrogen) atoms. The number of anilines is 1. The largest absolute Gasteiger partial charge is 0.376 e. The number of carbonyl (C=O) groups excluding carboxylic acids is 1. The second kappa shape index (κ2) is 6.70. The highest BCUT2D eigenvalue weighted by Gasteiger charge is 2.12. The Bertz CT molecular complexity index is 662. The number of carbonyl (C=O) groups is 1. The number of hydrogen-bond acceptors (Lipinski definition) is 2. The van der Waals surface area contributed by atoms with Crippen molar-refractivity contribution >= 4 is 34.9 Å². The van der Waals surface area contributed by atoms with Gasteiger partial charge >= 0.3 is 6.03 Å². The molecule has 0 aliphatic rings. The van der Waals surface area contributed by atoms with Gasteiger partial charge in [-0.15, -0.1) is 0 Å². The van der Waals surface area contributed by atoms with Crippen LogP contribution in [0.25, 0.3) is 0 Å². The summed E-state index contributed by atoms with van der Waals surface area (Å²) in [5, 5.41) is 0.827. The fourth-order valence-electron chi connectivity index (χ4n) is 1.68. The van der Waals surface area contributed by atoms with Crippen LogP contribution in [0.2, 0.25) is 10.0 Å². The summed E-state index contributed by atoms with van der Waals surface area (Å²) in [7, 11) is 1.65. The van der Waals surface area contributed by atoms with Crippen LogP contribution in [-0.4, -0.2) is 13.1 Å². The van der Waals surface area contributed by atoms with Crippen LogP contribution in [0.15, 0.2) is 42.5 Å². The molecule has 110 valence electrons. The molecule has 0 unspecified atom stereocenters. The fraction of sp³-hybridized carbons (Fsp3) is 0.133. The van der Waals surface area contributed by atoms with Crippen LogP contribution < -0.4 is 15.2 Å². The van der Waals surface area contributed by atoms with Gasteiger partial charge in [0.15, 0.2) is 5.75 Å². The first kappa shape index (κ1) is 15.5. The third kappa shape index (κ3) is 4.03. The monoisotopic (exact) mass is 324 g/mol. The van der Waals surface area contributed by atoms with Crippen molar-refractivity contribution in [2.24, 2.45) is 0 Å². The van der Waals surface area contributed by atoms with Crippen molar-refractivity contribution < 1.29 is 9.63 Å². The van der Waals surface area contributed by atoms with E-state index in [1.165, 1.54) is 11.0 Å². The van der Waals surface area contributed by atoms with E-state index in [1.807, 2.05) is 31.2 Å². The highest BCUT2D eigenvalue weighted by molar-refractivity contribution is 6.34. The Kier molecular flexibility index (Phi) is 4.94. The summed E-state index contributed by atoms with van der Waals surface area (Å²) in [4.78, 5) is 18.7. The first-order valence-electron chi connectivity index (χ1n) is 6.19. The molecule has 2 amide bonds. The summed E-state index contributed by atoms with van der Waals surface area (Å²) in [6.07, 6.45) is 0. The minimum Gasteiger partial charge on any atom is -0.376 e. The van der Waals surface area contributed by atoms with Crippen molar-refractivity contribution in [1.29, 1.82) is 0 Å². The zero-order valence-electron chi connectivity index (χ0n) is 11.6. The Hall–Kier alpha value is -1.91. The predicted molar refractivity (Wildman–Crippen MR) is 85.2 cm³/mol. The number of amides is 2. The number of nitrogens with one attached hydrogen (secondary N) is 1. The van der Waals surface area contributed by atoms with E-state index in [9.17, 15) is 4.79 Å². The van der Waals surface area contributed by atoms with E-state index >= 15 is 0 Å². The molecule has 0 radical (unpaired) electrons. The smallest absolute Gasteiger partial charge is 0.354 e. The lowest BCUT2D eigenvalue weighted by Gasteiger charge is -2.18. The average Bonchev–Trinajstić information content (AvgIpc) is 2.47. The number of benzene rings is 2. The molecule has 0 saturated carbocycles. The third-order valence-electron chi connectivity index (χ3n) is 2.84. The van der Waals surface area contributed by atoms with E-state index in [1.54, 1.807) is 19.2 Å². The van der Waals surface area contributed by atoms with E-state index in [0.29, 0.717) is 10.0 Å². The van der Waals surface area contributed by atoms with Gasteiger partial charge in [0.05, 0.1) is 5.02 Å². The minimum absolute atomic E-state index is 0.287. The Morgan fingerprint density at radius 2 is 1.95 bits per heavy atom. The average molecular weight is 325 g/mol. The normalized spacial score (nSPS) is 10.1. The molecular formula is C15H14Cl2N2O2. The van der Waals surface area contributed by atoms with Crippen molar-refractivity contribution in [2.75, 3.05) is 11.9 Å². The van der Waals surface area contributed by atoms with E-state index < -0.39 is 6.03 Å². The van der Waals surface area contributed by atoms with Gasteiger partial charge in [-0.05, 0) is 36.8 Å². The number of nitrogens with zero attached hydrogens (tertiary/aromatic N) is 1. The highest BCUT2D eigenvalue weighted by atomic mass is 35.5. The molecule has 0 aliphatic carbocycles. The van der Waals surface area contributed by atoms with E-state index in [4.69, 9.17) is 28.0 Å². The van der Waals surface area contributed by atoms with Crippen LogP contribution in [-0.2, 0) is 0 Å². The van der Waals surface area contributed by atoms with Crippen molar-refractivity contribution in [3.63, 3.8) is 0 Å². The molecule has 2 aromatic rings. The van der Waals surface area contributed by atoms with Gasteiger partial charge in [0, 0.05) is 23.8 Å². The van der Waals surface area contributed by atoms with Gasteiger partial charge in [0.2, 0.25) is 0 Å². The molecule has 0 bridgehead atoms. The van der Waals surface area contributed by atoms with Crippen molar-refractivity contribution in [2.45, 2.75) is 6.92 Å². The van der Waals surface area contributed by atoms with Crippen LogP contribution in [0.4, 0.5) is 10.5 Å². The summed E-state index contributed by atoms with van der Waals surface area (Å²) in [5.74, 6) is 0.287. The molecule has 0 aliphatic heterocycles. The molecule has 2 rings (SSSR count). The standard InChI is InChI=1S/C15H14Cl2N2O2/c1-10-4-3-5-12(8-10)19(2)15(20)18-21-14-9-11(16)6-7-13(14)17/h3-9H,1-2H3,(H,18,20). The first-order valence-corrected chi connectivity index (χ1v) is 6.95. The SMILES string of the molecule is Cc1cccc(N(C)C(=O)NOc2cc(Cl)ccc2Cl)c1. The molecule has 0 aromatic heterocycles. The van der Waals surface area contributed by atoms with Crippen LogP contribution in [0, 0.1) is 6.92 Å². The Morgan fingerprint density at radius 1 is 1.19 bits per heavy atom. The van der Waals surface area contributed by atoms with Crippen LogP contribution in [0.1, 0.15) is 5.56 Å². The summed E-state index contributed by atoms with van der Waals surface area (Å²) in [6.45, 7) is 1.96. The second-order valence-corrected chi connectivity index (χ2v) is 5.33. The summed E-state index contributed by atoms with van der Waals surface area (Å²) in [6, 6.07) is 11.9. The number of rotatable bonds is 3. The van der Waals surface area contributed by atoms with Crippen LogP contribution in [0.3, 0.4) is 0 Å². The van der Waals surface area contributed by atoms with Gasteiger partial charge in [-0.3, -0.25) is 4.90 Å². The quantitative estimate of drug-likeness (QED) is 0.848. The predicted octanol–water partition coefficient (Wildman–Crippen LogP) is 4.44. The van der Waals surface area contributed by atoms with Gasteiger partial charge < -0.3 is 4.84 Å². The fourth-order valence-corrected chi connectivity index (χ4v) is 1.99. The lowest BCUT2D eigenvalue weighted by molar-refractivity contribution is 0.184. The topological polar surface area (TPSA) is 41.6 Å². The molecule has 0 spiro atoms. The molecule has 1 N–H and O–H groups in total. The molecular weight excluding hydrogens is 311 g/mol. The summed E-state index contributed by atoms with van der Waals surface area (Å²) >= 11 is 11.8. The Morgan fingerprint density at radius 3 is 2.67 bits per heavy atom. The van der Waals surface area contributed by atoms with E-state index in [-0.39, 0.29) is 5.75 Å². The van der Waals surface area contributed by atoms with Gasteiger partial charge in [0.25, 0.3) is 0 Å². The minimum atomic E-state index is -0.420. The lowest BCUT2D eigenvalue weighted by Crippen LogP contribution is -2.39. The number of aryl methyl sites for hydroxylation is 1. The number of hydrogen-bond donors (Lipinski definition) is 1. The Labute approximate surface area is 133 Å². The molecule has 0 atom stereocenters. The van der Waals surface area contributed by atoms with Crippen molar-refractivity contribution in [3.8, 4) is 5.75 Å². The molecule has 0 heterocycles. The zero-order valence-corrected chi connectivity index (χ0v) is 13.1. The van der Waals surface area contributed by atoms with Gasteiger partial charge in [-0.1, -0.05) is 35.3 Å². The Balaban J connectivity index is 2.03. The van der Waals surface area contributed by atoms with Crippen molar-refractivity contribution in [3.05, 3.63) is 58.1 Å². The molecule has 2 aromatic carbocycles. The van der Waals surface area contributed by atoms with Gasteiger partial charge in [-0.25, -0.2) is 4.79 Å². The first-order chi connectivity index (χ1) is 9.97. The van der Waals surface area contributed by atoms with Crippen LogP contribution >= 0.6 is 23.2 Å². The number of hydroxylamine groups is 1. The van der Waals surface area contributed by atoms with E-state index in [0.717, 1.165) is 11.3 Å². The lowest BCUT2D eigenvalue weighted by atomic mass is 10.2.